The summed E-state index contributed by atoms with van der Waals surface area (Å²) in [4.78, 5) is 38.2. The quantitative estimate of drug-likeness (QED) is 0.151. The summed E-state index contributed by atoms with van der Waals surface area (Å²) in [5, 5.41) is 4.17. The Bertz CT molecular complexity index is 1460. The second-order valence-electron chi connectivity index (χ2n) is 9.43. The molecule has 0 aromatic carbocycles. The maximum atomic E-state index is 13.9. The average molecular weight is 594 g/mol. The van der Waals surface area contributed by atoms with Crippen molar-refractivity contribution in [1.82, 2.24) is 4.90 Å². The fraction of sp³-hybridized carbons (Fsp3) is 0.267. The van der Waals surface area contributed by atoms with Gasteiger partial charge in [0.25, 0.3) is 11.8 Å². The molecule has 0 spiro atoms. The van der Waals surface area contributed by atoms with Gasteiger partial charge in [0.15, 0.2) is 0 Å². The highest BCUT2D eigenvalue weighted by Gasteiger charge is 2.43. The van der Waals surface area contributed by atoms with Crippen LogP contribution in [0.3, 0.4) is 0 Å². The van der Waals surface area contributed by atoms with E-state index in [1.807, 2.05) is 0 Å². The van der Waals surface area contributed by atoms with Gasteiger partial charge in [0.05, 0.1) is 20.9 Å². The third-order valence-electron chi connectivity index (χ3n) is 7.00. The van der Waals surface area contributed by atoms with E-state index in [4.69, 9.17) is 0 Å². The summed E-state index contributed by atoms with van der Waals surface area (Å²) in [5.41, 5.74) is 1.21. The number of hydrogen-bond donors (Lipinski definition) is 0. The summed E-state index contributed by atoms with van der Waals surface area (Å²) < 4.78 is 0. The molecule has 1 atom stereocenters. The first-order chi connectivity index (χ1) is 18.6. The molecule has 1 aliphatic heterocycles. The number of thiophene rings is 5. The number of nitrogens with zero attached hydrogens (tertiary/aromatic N) is 1. The number of carbonyl (C=O) groups is 2. The van der Waals surface area contributed by atoms with Gasteiger partial charge in [-0.3, -0.25) is 14.5 Å². The number of fused-ring (bicyclic) bond motifs is 1. The lowest BCUT2D eigenvalue weighted by molar-refractivity contribution is 0.0624. The third-order valence-corrected chi connectivity index (χ3v) is 12.8. The van der Waals surface area contributed by atoms with Crippen molar-refractivity contribution >= 4 is 68.5 Å². The molecule has 0 fully saturated rings. The van der Waals surface area contributed by atoms with Gasteiger partial charge in [0.2, 0.25) is 0 Å². The minimum absolute atomic E-state index is 0.126. The van der Waals surface area contributed by atoms with Gasteiger partial charge in [0, 0.05) is 35.8 Å². The summed E-state index contributed by atoms with van der Waals surface area (Å²) in [5.74, 6) is 0.0823. The standard InChI is InChI=1S/C30H27NO2S5/c1-3-5-8-18(4-2)17-31-29(32)25-26(30(31)33)28(24-14-12-22(37-24)20-10-7-16-35-20)38-27(25)23-13-11-21(36-23)19-9-6-15-34-19/h6-7,9-16,18H,3-5,8,17H2,1-2H3. The molecule has 6 rings (SSSR count). The van der Waals surface area contributed by atoms with E-state index in [-0.39, 0.29) is 11.8 Å². The third kappa shape index (κ3) is 4.67. The van der Waals surface area contributed by atoms with Crippen molar-refractivity contribution in [2.45, 2.75) is 39.5 Å². The van der Waals surface area contributed by atoms with Gasteiger partial charge in [-0.05, 0) is 59.5 Å². The van der Waals surface area contributed by atoms with E-state index in [1.165, 1.54) is 24.4 Å². The van der Waals surface area contributed by atoms with Gasteiger partial charge in [0.1, 0.15) is 0 Å². The predicted octanol–water partition coefficient (Wildman–Crippen LogP) is 10.5. The van der Waals surface area contributed by atoms with Crippen LogP contribution < -0.4 is 0 Å². The molecule has 0 bridgehead atoms. The van der Waals surface area contributed by atoms with E-state index in [0.29, 0.717) is 23.6 Å². The topological polar surface area (TPSA) is 37.4 Å². The zero-order valence-electron chi connectivity index (χ0n) is 21.2. The average Bonchev–Trinajstić information content (AvgIpc) is 3.76. The summed E-state index contributed by atoms with van der Waals surface area (Å²) in [7, 11) is 0. The molecule has 5 aromatic rings. The summed E-state index contributed by atoms with van der Waals surface area (Å²) in [6, 6.07) is 16.9. The molecule has 0 aliphatic carbocycles. The molecule has 1 aliphatic rings. The largest absolute Gasteiger partial charge is 0.274 e. The number of amides is 2. The second kappa shape index (κ2) is 11.0. The van der Waals surface area contributed by atoms with Crippen LogP contribution in [0.4, 0.5) is 0 Å². The van der Waals surface area contributed by atoms with Gasteiger partial charge in [-0.2, -0.15) is 0 Å². The molecule has 0 radical (unpaired) electrons. The Morgan fingerprint density at radius 2 is 1.21 bits per heavy atom. The molecule has 1 unspecified atom stereocenters. The Morgan fingerprint density at radius 1 is 0.684 bits per heavy atom. The van der Waals surface area contributed by atoms with E-state index >= 15 is 0 Å². The molecule has 6 heterocycles. The number of imide groups is 1. The van der Waals surface area contributed by atoms with E-state index in [9.17, 15) is 9.59 Å². The molecule has 38 heavy (non-hydrogen) atoms. The molecule has 2 amide bonds. The first-order valence-electron chi connectivity index (χ1n) is 12.9. The normalized spacial score (nSPS) is 14.0. The lowest BCUT2D eigenvalue weighted by Gasteiger charge is -2.21. The van der Waals surface area contributed by atoms with Crippen LogP contribution in [-0.2, 0) is 0 Å². The minimum Gasteiger partial charge on any atom is -0.274 e. The SMILES string of the molecule is CCCCC(CC)CN1C(=O)c2c(-c3ccc(-c4cccs4)s3)sc(-c3ccc(-c4cccs4)s3)c2C1=O. The van der Waals surface area contributed by atoms with Crippen LogP contribution in [0.25, 0.3) is 39.0 Å². The van der Waals surface area contributed by atoms with Gasteiger partial charge >= 0.3 is 0 Å². The zero-order valence-corrected chi connectivity index (χ0v) is 25.3. The molecule has 0 saturated carbocycles. The number of carbonyl (C=O) groups excluding carboxylic acids is 2. The van der Waals surface area contributed by atoms with Crippen LogP contribution in [0.15, 0.2) is 59.3 Å². The van der Waals surface area contributed by atoms with Crippen LogP contribution in [0.5, 0.6) is 0 Å². The van der Waals surface area contributed by atoms with Gasteiger partial charge in [-0.15, -0.1) is 56.7 Å². The second-order valence-corrected chi connectivity index (χ2v) is 14.5. The highest BCUT2D eigenvalue weighted by molar-refractivity contribution is 7.30. The van der Waals surface area contributed by atoms with Crippen LogP contribution in [0.1, 0.15) is 60.2 Å². The van der Waals surface area contributed by atoms with Crippen LogP contribution >= 0.6 is 56.7 Å². The molecule has 3 nitrogen and oxygen atoms in total. The van der Waals surface area contributed by atoms with Crippen molar-refractivity contribution in [2.24, 2.45) is 5.92 Å². The van der Waals surface area contributed by atoms with Crippen molar-refractivity contribution in [3.05, 3.63) is 70.4 Å². The Morgan fingerprint density at radius 3 is 1.66 bits per heavy atom. The Hall–Kier alpha value is -2.36. The van der Waals surface area contributed by atoms with Crippen molar-refractivity contribution in [1.29, 1.82) is 0 Å². The summed E-state index contributed by atoms with van der Waals surface area (Å²) >= 11 is 8.43. The molecule has 8 heteroatoms. The molecular weight excluding hydrogens is 567 g/mol. The lowest BCUT2D eigenvalue weighted by Crippen LogP contribution is -2.34. The first kappa shape index (κ1) is 25.9. The van der Waals surface area contributed by atoms with E-state index in [0.717, 1.165) is 45.2 Å². The predicted molar refractivity (Wildman–Crippen MR) is 166 cm³/mol. The van der Waals surface area contributed by atoms with E-state index in [2.05, 4.69) is 73.1 Å². The fourth-order valence-electron chi connectivity index (χ4n) is 4.91. The lowest BCUT2D eigenvalue weighted by atomic mass is 9.99. The molecule has 5 aromatic heterocycles. The molecule has 0 N–H and O–H groups in total. The van der Waals surface area contributed by atoms with Gasteiger partial charge < -0.3 is 0 Å². The van der Waals surface area contributed by atoms with Gasteiger partial charge in [-0.1, -0.05) is 45.2 Å². The van der Waals surface area contributed by atoms with E-state index in [1.54, 1.807) is 56.7 Å². The van der Waals surface area contributed by atoms with Crippen LogP contribution in [-0.4, -0.2) is 23.3 Å². The number of unbranched alkanes of at least 4 members (excludes halogenated alkanes) is 1. The minimum atomic E-state index is -0.126. The van der Waals surface area contributed by atoms with Crippen molar-refractivity contribution < 1.29 is 9.59 Å². The molecule has 0 saturated heterocycles. The maximum Gasteiger partial charge on any atom is 0.263 e. The van der Waals surface area contributed by atoms with Crippen molar-refractivity contribution in [3.63, 3.8) is 0 Å². The monoisotopic (exact) mass is 593 g/mol. The van der Waals surface area contributed by atoms with E-state index < -0.39 is 0 Å². The molecule has 194 valence electrons. The Labute approximate surface area is 243 Å². The molecular formula is C30H27NO2S5. The van der Waals surface area contributed by atoms with Crippen LogP contribution in [0.2, 0.25) is 0 Å². The Kier molecular flexibility index (Phi) is 7.51. The maximum absolute atomic E-state index is 13.9. The smallest absolute Gasteiger partial charge is 0.263 e. The first-order valence-corrected chi connectivity index (χ1v) is 17.1. The van der Waals surface area contributed by atoms with Crippen molar-refractivity contribution in [3.8, 4) is 39.0 Å². The highest BCUT2D eigenvalue weighted by Crippen LogP contribution is 2.51. The number of rotatable bonds is 10. The summed E-state index contributed by atoms with van der Waals surface area (Å²) in [6.45, 7) is 4.85. The van der Waals surface area contributed by atoms with Gasteiger partial charge in [-0.25, -0.2) is 0 Å². The zero-order chi connectivity index (χ0) is 26.2. The fourth-order valence-corrected chi connectivity index (χ4v) is 10.1. The van der Waals surface area contributed by atoms with Crippen molar-refractivity contribution in [2.75, 3.05) is 6.54 Å². The number of hydrogen-bond acceptors (Lipinski definition) is 7. The Balaban J connectivity index is 1.43. The van der Waals surface area contributed by atoms with Crippen LogP contribution in [0, 0.1) is 5.92 Å². The highest BCUT2D eigenvalue weighted by atomic mass is 32.1. The summed E-state index contributed by atoms with van der Waals surface area (Å²) in [6.07, 6.45) is 4.25.